The molecule has 0 spiro atoms. The molecule has 4 heteroatoms. The Labute approximate surface area is 141 Å². The van der Waals surface area contributed by atoms with E-state index in [0.717, 1.165) is 16.7 Å². The van der Waals surface area contributed by atoms with Gasteiger partial charge < -0.3 is 15.2 Å². The molecule has 0 unspecified atom stereocenters. The summed E-state index contributed by atoms with van der Waals surface area (Å²) in [5.41, 5.74) is 2.86. The predicted octanol–water partition coefficient (Wildman–Crippen LogP) is 3.66. The lowest BCUT2D eigenvalue weighted by Crippen LogP contribution is -2.45. The normalized spacial score (nSPS) is 22.8. The van der Waals surface area contributed by atoms with E-state index in [4.69, 9.17) is 4.74 Å². The summed E-state index contributed by atoms with van der Waals surface area (Å²) >= 11 is 0. The molecule has 2 aromatic carbocycles. The smallest absolute Gasteiger partial charge is 0.123 e. The molecular weight excluding hydrogens is 305 g/mol. The zero-order valence-electron chi connectivity index (χ0n) is 13.5. The molecule has 2 N–H and O–H groups in total. The van der Waals surface area contributed by atoms with Crippen LogP contribution in [-0.2, 0) is 11.3 Å². The first-order valence-corrected chi connectivity index (χ1v) is 8.15. The van der Waals surface area contributed by atoms with Crippen LogP contribution in [0.5, 0.6) is 0 Å². The molecule has 0 aromatic heterocycles. The molecular formula is C20H22FNO2. The van der Waals surface area contributed by atoms with E-state index in [1.54, 1.807) is 18.2 Å². The number of hydrogen-bond acceptors (Lipinski definition) is 3. The molecule has 0 radical (unpaired) electrons. The molecule has 24 heavy (non-hydrogen) atoms. The number of hydrogen-bond donors (Lipinski definition) is 2. The lowest BCUT2D eigenvalue weighted by atomic mass is 9.86. The van der Waals surface area contributed by atoms with E-state index in [2.05, 4.69) is 11.9 Å². The van der Waals surface area contributed by atoms with Gasteiger partial charge in [-0.25, -0.2) is 4.39 Å². The SMILES string of the molecule is C=CC[C@@H]1N[C@@H](CO)[C@H](OCc2ccccc2)c2ccc(F)cc21. The van der Waals surface area contributed by atoms with E-state index in [-0.39, 0.29) is 30.6 Å². The Morgan fingerprint density at radius 2 is 1.96 bits per heavy atom. The topological polar surface area (TPSA) is 41.5 Å². The van der Waals surface area contributed by atoms with Crippen molar-refractivity contribution in [1.82, 2.24) is 5.32 Å². The number of aliphatic hydroxyl groups is 1. The maximum Gasteiger partial charge on any atom is 0.123 e. The van der Waals surface area contributed by atoms with Crippen LogP contribution < -0.4 is 5.32 Å². The van der Waals surface area contributed by atoms with Crippen LogP contribution in [0.3, 0.4) is 0 Å². The monoisotopic (exact) mass is 327 g/mol. The number of nitrogens with one attached hydrogen (secondary N) is 1. The Hall–Kier alpha value is -2.01. The molecule has 0 fully saturated rings. The van der Waals surface area contributed by atoms with Crippen molar-refractivity contribution in [2.24, 2.45) is 0 Å². The molecule has 0 aliphatic carbocycles. The van der Waals surface area contributed by atoms with Crippen LogP contribution in [0.2, 0.25) is 0 Å². The highest BCUT2D eigenvalue weighted by Crippen LogP contribution is 2.37. The van der Waals surface area contributed by atoms with Crippen molar-refractivity contribution >= 4 is 0 Å². The molecule has 3 rings (SSSR count). The second-order valence-electron chi connectivity index (χ2n) is 6.02. The van der Waals surface area contributed by atoms with Gasteiger partial charge in [0.25, 0.3) is 0 Å². The van der Waals surface area contributed by atoms with Crippen LogP contribution in [0.1, 0.15) is 35.3 Å². The summed E-state index contributed by atoms with van der Waals surface area (Å²) < 4.78 is 19.8. The number of aliphatic hydroxyl groups excluding tert-OH is 1. The first-order valence-electron chi connectivity index (χ1n) is 8.15. The molecule has 0 saturated heterocycles. The van der Waals surface area contributed by atoms with Gasteiger partial charge in [0.15, 0.2) is 0 Å². The minimum Gasteiger partial charge on any atom is -0.395 e. The summed E-state index contributed by atoms with van der Waals surface area (Å²) in [5.74, 6) is -0.270. The van der Waals surface area contributed by atoms with Gasteiger partial charge in [0, 0.05) is 6.04 Å². The van der Waals surface area contributed by atoms with Crippen LogP contribution >= 0.6 is 0 Å². The van der Waals surface area contributed by atoms with Gasteiger partial charge >= 0.3 is 0 Å². The van der Waals surface area contributed by atoms with Gasteiger partial charge in [0.2, 0.25) is 0 Å². The molecule has 1 aliphatic heterocycles. The minimum atomic E-state index is -0.327. The van der Waals surface area contributed by atoms with Crippen LogP contribution in [0.15, 0.2) is 61.2 Å². The Morgan fingerprint density at radius 3 is 2.67 bits per heavy atom. The van der Waals surface area contributed by atoms with E-state index >= 15 is 0 Å². The molecule has 0 amide bonds. The summed E-state index contributed by atoms with van der Waals surface area (Å²) in [7, 11) is 0. The largest absolute Gasteiger partial charge is 0.395 e. The van der Waals surface area contributed by atoms with Crippen molar-refractivity contribution < 1.29 is 14.2 Å². The van der Waals surface area contributed by atoms with E-state index in [1.807, 2.05) is 30.3 Å². The summed E-state index contributed by atoms with van der Waals surface area (Å²) in [6, 6.07) is 14.3. The van der Waals surface area contributed by atoms with Gasteiger partial charge in [-0.3, -0.25) is 0 Å². The third-order valence-electron chi connectivity index (χ3n) is 4.38. The summed E-state index contributed by atoms with van der Waals surface area (Å²) in [4.78, 5) is 0. The summed E-state index contributed by atoms with van der Waals surface area (Å²) in [5, 5.41) is 13.1. The third kappa shape index (κ3) is 3.56. The van der Waals surface area contributed by atoms with Crippen molar-refractivity contribution in [2.45, 2.75) is 31.2 Å². The second kappa shape index (κ2) is 7.71. The summed E-state index contributed by atoms with van der Waals surface area (Å²) in [6.45, 7) is 4.15. The zero-order chi connectivity index (χ0) is 16.9. The molecule has 1 heterocycles. The third-order valence-corrected chi connectivity index (χ3v) is 4.38. The number of ether oxygens (including phenoxy) is 1. The Morgan fingerprint density at radius 1 is 1.17 bits per heavy atom. The fourth-order valence-electron chi connectivity index (χ4n) is 3.24. The highest BCUT2D eigenvalue weighted by Gasteiger charge is 2.34. The van der Waals surface area contributed by atoms with E-state index < -0.39 is 0 Å². The van der Waals surface area contributed by atoms with Gasteiger partial charge in [-0.1, -0.05) is 42.5 Å². The average molecular weight is 327 g/mol. The lowest BCUT2D eigenvalue weighted by molar-refractivity contribution is -0.0123. The maximum atomic E-state index is 13.7. The van der Waals surface area contributed by atoms with Crippen molar-refractivity contribution in [2.75, 3.05) is 6.61 Å². The lowest BCUT2D eigenvalue weighted by Gasteiger charge is -2.38. The number of fused-ring (bicyclic) bond motifs is 1. The van der Waals surface area contributed by atoms with Gasteiger partial charge in [0.05, 0.1) is 19.3 Å². The Kier molecular flexibility index (Phi) is 5.41. The maximum absolute atomic E-state index is 13.7. The first kappa shape index (κ1) is 16.8. The fourth-order valence-corrected chi connectivity index (χ4v) is 3.24. The molecule has 2 aromatic rings. The molecule has 126 valence electrons. The standard InChI is InChI=1S/C20H22FNO2/c1-2-6-18-17-11-15(21)9-10-16(17)20(19(12-23)22-18)24-13-14-7-4-3-5-8-14/h2-5,7-11,18-20,22-23H,1,6,12-13H2/t18-,19-,20+/m0/s1. The molecule has 0 bridgehead atoms. The van der Waals surface area contributed by atoms with Gasteiger partial charge in [-0.2, -0.15) is 0 Å². The van der Waals surface area contributed by atoms with Crippen molar-refractivity contribution in [3.8, 4) is 0 Å². The molecule has 3 atom stereocenters. The van der Waals surface area contributed by atoms with Crippen molar-refractivity contribution in [3.05, 3.63) is 83.7 Å². The van der Waals surface area contributed by atoms with Crippen LogP contribution in [-0.4, -0.2) is 17.8 Å². The highest BCUT2D eigenvalue weighted by atomic mass is 19.1. The predicted molar refractivity (Wildman–Crippen MR) is 91.9 cm³/mol. The quantitative estimate of drug-likeness (QED) is 0.796. The molecule has 1 aliphatic rings. The molecule has 3 nitrogen and oxygen atoms in total. The van der Waals surface area contributed by atoms with Crippen molar-refractivity contribution in [3.63, 3.8) is 0 Å². The minimum absolute atomic E-state index is 0.0517. The average Bonchev–Trinajstić information content (AvgIpc) is 2.61. The van der Waals surface area contributed by atoms with Crippen LogP contribution in [0.4, 0.5) is 4.39 Å². The molecule has 0 saturated carbocycles. The second-order valence-corrected chi connectivity index (χ2v) is 6.02. The van der Waals surface area contributed by atoms with E-state index in [0.29, 0.717) is 13.0 Å². The highest BCUT2D eigenvalue weighted by molar-refractivity contribution is 5.36. The van der Waals surface area contributed by atoms with Crippen molar-refractivity contribution in [1.29, 1.82) is 0 Å². The number of rotatable bonds is 6. The number of benzene rings is 2. The van der Waals surface area contributed by atoms with Crippen LogP contribution in [0, 0.1) is 5.82 Å². The fraction of sp³-hybridized carbons (Fsp3) is 0.300. The Bertz CT molecular complexity index is 689. The van der Waals surface area contributed by atoms with Gasteiger partial charge in [-0.05, 0) is 35.2 Å². The first-order chi connectivity index (χ1) is 11.7. The zero-order valence-corrected chi connectivity index (χ0v) is 13.5. The van der Waals surface area contributed by atoms with E-state index in [9.17, 15) is 9.50 Å². The Balaban J connectivity index is 1.88. The number of halogens is 1. The summed E-state index contributed by atoms with van der Waals surface area (Å²) in [6.07, 6.45) is 2.14. The van der Waals surface area contributed by atoms with E-state index in [1.165, 1.54) is 6.07 Å². The van der Waals surface area contributed by atoms with Crippen LogP contribution in [0.25, 0.3) is 0 Å². The van der Waals surface area contributed by atoms with Gasteiger partial charge in [-0.15, -0.1) is 6.58 Å². The van der Waals surface area contributed by atoms with Gasteiger partial charge in [0.1, 0.15) is 11.9 Å².